The number of hydrogen-bond donors (Lipinski definition) is 0. The lowest BCUT2D eigenvalue weighted by molar-refractivity contribution is -0.167. The fourth-order valence-corrected chi connectivity index (χ4v) is 7.05. The lowest BCUT2D eigenvalue weighted by Gasteiger charge is -2.18. The molecule has 0 saturated carbocycles. The maximum absolute atomic E-state index is 12.8. The molecule has 0 heterocycles. The number of carbonyl (C=O) groups is 3. The van der Waals surface area contributed by atoms with Crippen molar-refractivity contribution in [2.75, 3.05) is 13.2 Å². The van der Waals surface area contributed by atoms with Gasteiger partial charge >= 0.3 is 17.9 Å². The van der Waals surface area contributed by atoms with E-state index in [0.29, 0.717) is 19.3 Å². The van der Waals surface area contributed by atoms with Crippen LogP contribution in [0.15, 0.2) is 72.9 Å². The second-order valence-corrected chi connectivity index (χ2v) is 17.1. The molecular formula is C56H96O6. The van der Waals surface area contributed by atoms with E-state index in [1.807, 2.05) is 0 Å². The first-order chi connectivity index (χ1) is 30.5. The maximum atomic E-state index is 12.8. The standard InChI is InChI=1S/C56H96O6/c1-4-7-10-13-16-19-22-24-26-27-28-30-31-34-37-40-43-46-49-55(58)61-52-53(51-60-54(57)48-45-42-39-36-33-21-18-15-12-9-6-3)62-56(59)50-47-44-41-38-35-32-29-25-23-20-17-14-11-8-5-2/h8,11,17,19-20,22,25-27,29,35,38,53H,4-7,9-10,12-16,18,21,23-24,28,30-34,36-37,39-52H2,1-3H3/b11-8-,20-17-,22-19-,27-26-,29-25-,38-35-. The van der Waals surface area contributed by atoms with Crippen molar-refractivity contribution in [3.05, 3.63) is 72.9 Å². The molecule has 0 aliphatic carbocycles. The summed E-state index contributed by atoms with van der Waals surface area (Å²) in [5, 5.41) is 0. The number of ether oxygens (including phenoxy) is 3. The lowest BCUT2D eigenvalue weighted by atomic mass is 10.1. The molecule has 0 aliphatic rings. The summed E-state index contributed by atoms with van der Waals surface area (Å²) < 4.78 is 16.7. The van der Waals surface area contributed by atoms with Crippen LogP contribution >= 0.6 is 0 Å². The predicted molar refractivity (Wildman–Crippen MR) is 265 cm³/mol. The maximum Gasteiger partial charge on any atom is 0.306 e. The van der Waals surface area contributed by atoms with Crippen LogP contribution in [0.5, 0.6) is 0 Å². The van der Waals surface area contributed by atoms with E-state index in [0.717, 1.165) is 89.9 Å². The molecule has 0 aromatic heterocycles. The fourth-order valence-electron chi connectivity index (χ4n) is 7.05. The number of hydrogen-bond acceptors (Lipinski definition) is 6. The van der Waals surface area contributed by atoms with Crippen LogP contribution in [-0.4, -0.2) is 37.2 Å². The highest BCUT2D eigenvalue weighted by Gasteiger charge is 2.19. The molecule has 0 bridgehead atoms. The second kappa shape index (κ2) is 50.5. The largest absolute Gasteiger partial charge is 0.462 e. The Kier molecular flexibility index (Phi) is 47.9. The van der Waals surface area contributed by atoms with Gasteiger partial charge in [0.1, 0.15) is 13.2 Å². The summed E-state index contributed by atoms with van der Waals surface area (Å²) in [6.07, 6.45) is 63.1. The second-order valence-electron chi connectivity index (χ2n) is 17.1. The van der Waals surface area contributed by atoms with Crippen molar-refractivity contribution in [3.63, 3.8) is 0 Å². The third-order valence-electron chi connectivity index (χ3n) is 10.9. The van der Waals surface area contributed by atoms with Crippen LogP contribution in [0.1, 0.15) is 245 Å². The minimum absolute atomic E-state index is 0.0934. The molecule has 6 nitrogen and oxygen atoms in total. The number of rotatable bonds is 46. The smallest absolute Gasteiger partial charge is 0.306 e. The third kappa shape index (κ3) is 47.9. The van der Waals surface area contributed by atoms with Crippen LogP contribution in [0.2, 0.25) is 0 Å². The SMILES string of the molecule is CC/C=C\C/C=C\C/C=C\C/C=C\CCCCC(=O)OC(COC(=O)CCCCCCCCC/C=C\C/C=C\CCCCCC)COC(=O)CCCCCCCCCCCCC. The topological polar surface area (TPSA) is 78.9 Å². The van der Waals surface area contributed by atoms with Crippen LogP contribution in [0.3, 0.4) is 0 Å². The Morgan fingerprint density at radius 1 is 0.339 bits per heavy atom. The molecule has 0 radical (unpaired) electrons. The van der Waals surface area contributed by atoms with Gasteiger partial charge in [-0.15, -0.1) is 0 Å². The highest BCUT2D eigenvalue weighted by atomic mass is 16.6. The van der Waals surface area contributed by atoms with Crippen molar-refractivity contribution >= 4 is 17.9 Å². The summed E-state index contributed by atoms with van der Waals surface area (Å²) in [4.78, 5) is 37.9. The molecule has 0 saturated heterocycles. The van der Waals surface area contributed by atoms with Gasteiger partial charge in [0.25, 0.3) is 0 Å². The monoisotopic (exact) mass is 865 g/mol. The van der Waals surface area contributed by atoms with E-state index in [1.165, 1.54) is 109 Å². The van der Waals surface area contributed by atoms with Crippen molar-refractivity contribution in [1.82, 2.24) is 0 Å². The molecule has 0 amide bonds. The quantitative estimate of drug-likeness (QED) is 0.0262. The Hall–Kier alpha value is -3.15. The van der Waals surface area contributed by atoms with E-state index >= 15 is 0 Å². The van der Waals surface area contributed by atoms with E-state index < -0.39 is 6.10 Å². The zero-order valence-corrected chi connectivity index (χ0v) is 40.6. The molecule has 0 rings (SSSR count). The van der Waals surface area contributed by atoms with Crippen molar-refractivity contribution in [2.45, 2.75) is 252 Å². The number of allylic oxidation sites excluding steroid dienone is 12. The van der Waals surface area contributed by atoms with Gasteiger partial charge in [0, 0.05) is 19.3 Å². The Labute approximate surface area is 382 Å². The zero-order chi connectivity index (χ0) is 45.1. The molecular weight excluding hydrogens is 769 g/mol. The van der Waals surface area contributed by atoms with E-state index in [1.54, 1.807) is 0 Å². The molecule has 1 unspecified atom stereocenters. The first-order valence-corrected chi connectivity index (χ1v) is 25.9. The van der Waals surface area contributed by atoms with Crippen LogP contribution in [0.25, 0.3) is 0 Å². The van der Waals surface area contributed by atoms with Crippen LogP contribution in [-0.2, 0) is 28.6 Å². The van der Waals surface area contributed by atoms with E-state index in [-0.39, 0.29) is 37.5 Å². The van der Waals surface area contributed by atoms with Gasteiger partial charge in [-0.05, 0) is 89.9 Å². The summed E-state index contributed by atoms with van der Waals surface area (Å²) in [5.41, 5.74) is 0. The van der Waals surface area contributed by atoms with Gasteiger partial charge in [-0.3, -0.25) is 14.4 Å². The molecule has 0 fully saturated rings. The normalized spacial score (nSPS) is 12.6. The average Bonchev–Trinajstić information content (AvgIpc) is 3.27. The predicted octanol–water partition coefficient (Wildman–Crippen LogP) is 17.0. The highest BCUT2D eigenvalue weighted by Crippen LogP contribution is 2.14. The van der Waals surface area contributed by atoms with Gasteiger partial charge in [0.05, 0.1) is 0 Å². The van der Waals surface area contributed by atoms with Crippen molar-refractivity contribution in [3.8, 4) is 0 Å². The highest BCUT2D eigenvalue weighted by molar-refractivity contribution is 5.71. The van der Waals surface area contributed by atoms with E-state index in [9.17, 15) is 14.4 Å². The van der Waals surface area contributed by atoms with Crippen molar-refractivity contribution in [2.24, 2.45) is 0 Å². The summed E-state index contributed by atoms with van der Waals surface area (Å²) in [7, 11) is 0. The fraction of sp³-hybridized carbons (Fsp3) is 0.732. The van der Waals surface area contributed by atoms with Crippen LogP contribution < -0.4 is 0 Å². The Morgan fingerprint density at radius 2 is 0.629 bits per heavy atom. The number of unbranched alkanes of at least 4 members (excludes halogenated alkanes) is 23. The molecule has 0 spiro atoms. The molecule has 0 aromatic carbocycles. The van der Waals surface area contributed by atoms with Gasteiger partial charge in [0.2, 0.25) is 0 Å². The van der Waals surface area contributed by atoms with Gasteiger partial charge < -0.3 is 14.2 Å². The average molecular weight is 865 g/mol. The first kappa shape index (κ1) is 58.9. The Morgan fingerprint density at radius 3 is 1.03 bits per heavy atom. The number of esters is 3. The van der Waals surface area contributed by atoms with Crippen LogP contribution in [0, 0.1) is 0 Å². The van der Waals surface area contributed by atoms with E-state index in [2.05, 4.69) is 93.7 Å². The minimum atomic E-state index is -0.798. The van der Waals surface area contributed by atoms with E-state index in [4.69, 9.17) is 14.2 Å². The molecule has 0 aliphatic heterocycles. The molecule has 0 aromatic rings. The van der Waals surface area contributed by atoms with Crippen LogP contribution in [0.4, 0.5) is 0 Å². The minimum Gasteiger partial charge on any atom is -0.462 e. The number of carbonyl (C=O) groups excluding carboxylic acids is 3. The summed E-state index contributed by atoms with van der Waals surface area (Å²) in [5.74, 6) is -0.942. The van der Waals surface area contributed by atoms with Gasteiger partial charge in [-0.1, -0.05) is 209 Å². The molecule has 62 heavy (non-hydrogen) atoms. The first-order valence-electron chi connectivity index (χ1n) is 25.9. The zero-order valence-electron chi connectivity index (χ0n) is 40.6. The van der Waals surface area contributed by atoms with Gasteiger partial charge in [-0.25, -0.2) is 0 Å². The van der Waals surface area contributed by atoms with Gasteiger partial charge in [0.15, 0.2) is 6.10 Å². The summed E-state index contributed by atoms with van der Waals surface area (Å²) in [6, 6.07) is 0. The molecule has 6 heteroatoms. The Balaban J connectivity index is 4.43. The third-order valence-corrected chi connectivity index (χ3v) is 10.9. The molecule has 0 N–H and O–H groups in total. The Bertz CT molecular complexity index is 1180. The summed E-state index contributed by atoms with van der Waals surface area (Å²) >= 11 is 0. The lowest BCUT2D eigenvalue weighted by Crippen LogP contribution is -2.30. The van der Waals surface area contributed by atoms with Gasteiger partial charge in [-0.2, -0.15) is 0 Å². The molecule has 1 atom stereocenters. The molecule has 356 valence electrons. The van der Waals surface area contributed by atoms with Crippen molar-refractivity contribution in [1.29, 1.82) is 0 Å². The summed E-state index contributed by atoms with van der Waals surface area (Å²) in [6.45, 7) is 6.46. The van der Waals surface area contributed by atoms with Crippen molar-refractivity contribution < 1.29 is 28.6 Å².